The van der Waals surface area contributed by atoms with Crippen LogP contribution in [0, 0.1) is 11.3 Å². The zero-order valence-corrected chi connectivity index (χ0v) is 20.8. The minimum absolute atomic E-state index is 0.583. The highest BCUT2D eigenvalue weighted by Gasteiger charge is 2.30. The summed E-state index contributed by atoms with van der Waals surface area (Å²) < 4.78 is 10.6. The molecule has 2 rings (SSSR count). The van der Waals surface area contributed by atoms with Gasteiger partial charge in [-0.15, -0.1) is 5.06 Å². The number of rotatable bonds is 4. The van der Waals surface area contributed by atoms with Crippen molar-refractivity contribution in [1.29, 1.82) is 5.26 Å². The summed E-state index contributed by atoms with van der Waals surface area (Å²) in [5, 5.41) is 10.0. The molecule has 0 bridgehead atoms. The van der Waals surface area contributed by atoms with Crippen LogP contribution in [0.15, 0.2) is 54.6 Å². The molecule has 0 aliphatic heterocycles. The van der Waals surface area contributed by atoms with Crippen LogP contribution < -0.4 is 0 Å². The first-order valence-corrected chi connectivity index (χ1v) is 11.0. The highest BCUT2D eigenvalue weighted by Crippen LogP contribution is 2.23. The van der Waals surface area contributed by atoms with Crippen molar-refractivity contribution in [3.05, 3.63) is 65.7 Å². The largest absolute Gasteiger partial charge is 0.534 e. The van der Waals surface area contributed by atoms with Crippen LogP contribution in [0.25, 0.3) is 17.2 Å². The summed E-state index contributed by atoms with van der Waals surface area (Å²) >= 11 is 0. The first-order valence-electron chi connectivity index (χ1n) is 11.0. The lowest BCUT2D eigenvalue weighted by atomic mass is 10.0. The average molecular weight is 465 g/mol. The van der Waals surface area contributed by atoms with E-state index < -0.39 is 29.5 Å². The van der Waals surface area contributed by atoms with Gasteiger partial charge in [-0.1, -0.05) is 42.5 Å². The van der Waals surface area contributed by atoms with Crippen molar-refractivity contribution < 1.29 is 23.9 Å². The van der Waals surface area contributed by atoms with Crippen molar-refractivity contribution in [2.24, 2.45) is 0 Å². The van der Waals surface area contributed by atoms with E-state index in [1.54, 1.807) is 60.6 Å². The number of benzene rings is 2. The molecule has 0 N–H and O–H groups in total. The first kappa shape index (κ1) is 26.5. The normalized spacial score (nSPS) is 12.5. The van der Waals surface area contributed by atoms with Crippen LogP contribution in [0.5, 0.6) is 0 Å². The van der Waals surface area contributed by atoms with E-state index in [4.69, 9.17) is 19.6 Å². The third-order valence-electron chi connectivity index (χ3n) is 4.28. The van der Waals surface area contributed by atoms with E-state index in [0.717, 1.165) is 21.8 Å². The Kier molecular flexibility index (Phi) is 8.47. The maximum absolute atomic E-state index is 12.7. The second-order valence-electron chi connectivity index (χ2n) is 9.78. The van der Waals surface area contributed by atoms with Crippen LogP contribution in [-0.2, 0) is 14.3 Å². The van der Waals surface area contributed by atoms with Crippen molar-refractivity contribution in [3.63, 3.8) is 0 Å². The van der Waals surface area contributed by atoms with Crippen molar-refractivity contribution in [2.45, 2.75) is 65.7 Å². The molecule has 2 aromatic rings. The predicted molar refractivity (Wildman–Crippen MR) is 130 cm³/mol. The molecular formula is C27H32N2O5. The number of hydroxylamine groups is 2. The van der Waals surface area contributed by atoms with Gasteiger partial charge in [0.05, 0.1) is 17.7 Å². The average Bonchev–Trinajstić information content (AvgIpc) is 2.73. The number of amides is 1. The maximum Gasteiger partial charge on any atom is 0.534 e. The Morgan fingerprint density at radius 2 is 1.53 bits per heavy atom. The maximum atomic E-state index is 12.7. The quantitative estimate of drug-likeness (QED) is 0.368. The Balaban J connectivity index is 2.25. The molecule has 180 valence electrons. The molecule has 1 amide bonds. The molecule has 0 saturated heterocycles. The van der Waals surface area contributed by atoms with Crippen LogP contribution in [-0.4, -0.2) is 34.6 Å². The van der Waals surface area contributed by atoms with E-state index >= 15 is 0 Å². The summed E-state index contributed by atoms with van der Waals surface area (Å²) in [4.78, 5) is 30.2. The lowest BCUT2D eigenvalue weighted by Gasteiger charge is -2.29. The molecule has 0 radical (unpaired) electrons. The highest BCUT2D eigenvalue weighted by molar-refractivity contribution is 5.72. The standard InChI is InChI=1S/C27H32N2O5/c1-19(29(24(30)32-26(2,3)4)34-25(31)33-27(5,6)7)14-15-20-10-8-12-22(16-20)23-13-9-11-21(17-23)18-28/h8-17,19H,1-7H3/b15-14+/t19-/m0/s1. The van der Waals surface area contributed by atoms with Crippen LogP contribution in [0.2, 0.25) is 0 Å². The Hall–Kier alpha value is -3.79. The summed E-state index contributed by atoms with van der Waals surface area (Å²) in [6.07, 6.45) is 1.73. The molecule has 0 fully saturated rings. The molecule has 0 aliphatic carbocycles. The molecule has 0 saturated carbocycles. The van der Waals surface area contributed by atoms with Gasteiger partial charge in [-0.05, 0) is 83.4 Å². The second kappa shape index (κ2) is 10.9. The Morgan fingerprint density at radius 1 is 0.941 bits per heavy atom. The molecular weight excluding hydrogens is 432 g/mol. The van der Waals surface area contributed by atoms with Crippen LogP contribution in [0.1, 0.15) is 59.6 Å². The number of nitriles is 1. The number of hydrogen-bond donors (Lipinski definition) is 0. The summed E-state index contributed by atoms with van der Waals surface area (Å²) in [7, 11) is 0. The summed E-state index contributed by atoms with van der Waals surface area (Å²) in [5.74, 6) is 0. The number of ether oxygens (including phenoxy) is 2. The molecule has 7 heteroatoms. The van der Waals surface area contributed by atoms with E-state index in [-0.39, 0.29) is 0 Å². The lowest BCUT2D eigenvalue weighted by Crippen LogP contribution is -2.43. The Bertz CT molecular complexity index is 1090. The minimum atomic E-state index is -1.00. The third kappa shape index (κ3) is 8.62. The molecule has 0 aromatic heterocycles. The van der Waals surface area contributed by atoms with Crippen LogP contribution >= 0.6 is 0 Å². The van der Waals surface area contributed by atoms with Gasteiger partial charge in [0.15, 0.2) is 0 Å². The number of hydrogen-bond acceptors (Lipinski definition) is 6. The van der Waals surface area contributed by atoms with Gasteiger partial charge in [0.2, 0.25) is 0 Å². The monoisotopic (exact) mass is 464 g/mol. The van der Waals surface area contributed by atoms with Gasteiger partial charge >= 0.3 is 12.2 Å². The SMILES string of the molecule is C[C@@H](/C=C/c1cccc(-c2cccc(C#N)c2)c1)N(OC(=O)OC(C)(C)C)C(=O)OC(C)(C)C. The molecule has 1 atom stereocenters. The first-order chi connectivity index (χ1) is 15.8. The fourth-order valence-corrected chi connectivity index (χ4v) is 2.86. The molecule has 0 unspecified atom stereocenters. The Labute approximate surface area is 201 Å². The second-order valence-corrected chi connectivity index (χ2v) is 9.78. The molecule has 34 heavy (non-hydrogen) atoms. The van der Waals surface area contributed by atoms with Gasteiger partial charge in [0.25, 0.3) is 0 Å². The van der Waals surface area contributed by atoms with Crippen molar-refractivity contribution in [3.8, 4) is 17.2 Å². The van der Waals surface area contributed by atoms with E-state index in [9.17, 15) is 9.59 Å². The summed E-state index contributed by atoms with van der Waals surface area (Å²) in [6.45, 7) is 12.0. The fraction of sp³-hybridized carbons (Fsp3) is 0.370. The van der Waals surface area contributed by atoms with Crippen LogP contribution in [0.3, 0.4) is 0 Å². The zero-order valence-electron chi connectivity index (χ0n) is 20.8. The summed E-state index contributed by atoms with van der Waals surface area (Å²) in [5.41, 5.74) is 1.76. The van der Waals surface area contributed by atoms with Gasteiger partial charge in [-0.2, -0.15) is 5.26 Å². The highest BCUT2D eigenvalue weighted by atomic mass is 16.8. The smallest absolute Gasteiger partial charge is 0.442 e. The Morgan fingerprint density at radius 3 is 2.12 bits per heavy atom. The minimum Gasteiger partial charge on any atom is -0.442 e. The van der Waals surface area contributed by atoms with Crippen molar-refractivity contribution in [1.82, 2.24) is 5.06 Å². The van der Waals surface area contributed by atoms with E-state index in [1.807, 2.05) is 48.5 Å². The lowest BCUT2D eigenvalue weighted by molar-refractivity contribution is -0.145. The molecule has 0 heterocycles. The van der Waals surface area contributed by atoms with Gasteiger partial charge in [-0.3, -0.25) is 4.84 Å². The molecule has 0 spiro atoms. The summed E-state index contributed by atoms with van der Waals surface area (Å²) in [6, 6.07) is 16.6. The number of carbonyl (C=O) groups excluding carboxylic acids is 2. The van der Waals surface area contributed by atoms with E-state index in [0.29, 0.717) is 5.56 Å². The van der Waals surface area contributed by atoms with Crippen molar-refractivity contribution >= 4 is 18.3 Å². The fourth-order valence-electron chi connectivity index (χ4n) is 2.86. The van der Waals surface area contributed by atoms with Crippen LogP contribution in [0.4, 0.5) is 9.59 Å². The van der Waals surface area contributed by atoms with Gasteiger partial charge < -0.3 is 9.47 Å². The predicted octanol–water partition coefficient (Wildman–Crippen LogP) is 6.73. The third-order valence-corrected chi connectivity index (χ3v) is 4.28. The molecule has 0 aliphatic rings. The number of nitrogens with zero attached hydrogens (tertiary/aromatic N) is 2. The van der Waals surface area contributed by atoms with E-state index in [2.05, 4.69) is 6.07 Å². The van der Waals surface area contributed by atoms with Crippen molar-refractivity contribution in [2.75, 3.05) is 0 Å². The molecule has 7 nitrogen and oxygen atoms in total. The van der Waals surface area contributed by atoms with Gasteiger partial charge in [-0.25, -0.2) is 9.59 Å². The number of carbonyl (C=O) groups is 2. The zero-order chi connectivity index (χ0) is 25.5. The van der Waals surface area contributed by atoms with E-state index in [1.165, 1.54) is 0 Å². The topological polar surface area (TPSA) is 88.9 Å². The van der Waals surface area contributed by atoms with Gasteiger partial charge in [0, 0.05) is 0 Å². The van der Waals surface area contributed by atoms with Gasteiger partial charge in [0.1, 0.15) is 11.2 Å². The molecule has 2 aromatic carbocycles.